The molecule has 0 radical (unpaired) electrons. The number of carbonyl (C=O) groups is 2. The van der Waals surface area contributed by atoms with Gasteiger partial charge in [-0.05, 0) is 62.2 Å². The molecule has 204 valence electrons. The van der Waals surface area contributed by atoms with Crippen LogP contribution >= 0.6 is 0 Å². The fourth-order valence-electron chi connectivity index (χ4n) is 5.32. The quantitative estimate of drug-likeness (QED) is 0.279. The van der Waals surface area contributed by atoms with Gasteiger partial charge in [0.1, 0.15) is 17.6 Å². The predicted octanol–water partition coefficient (Wildman–Crippen LogP) is 2.38. The standard InChI is InChI=1S/C29H36N2O7/c1-7-30(8-2)11-12-31-25(20-15-22(35-4)28(37-6)23(16-20)36-5)24(27(33)29(31)34)26(32)18-9-10-21-19(14-18)13-17(3)38-21/h9-10,14-17,25,32H,7-8,11-13H2,1-6H3/p+1/t17-,25+/m1/s1. The predicted molar refractivity (Wildman–Crippen MR) is 142 cm³/mol. The van der Waals surface area contributed by atoms with E-state index in [9.17, 15) is 14.7 Å². The topological polar surface area (TPSA) is 99.0 Å². The number of amides is 1. The number of ketones is 1. The Morgan fingerprint density at radius 3 is 2.29 bits per heavy atom. The molecule has 2 aromatic rings. The van der Waals surface area contributed by atoms with Crippen molar-refractivity contribution >= 4 is 17.4 Å². The number of likely N-dealkylation sites (N-methyl/N-ethyl adjacent to an activating group) is 1. The van der Waals surface area contributed by atoms with Crippen molar-refractivity contribution in [3.63, 3.8) is 0 Å². The van der Waals surface area contributed by atoms with E-state index in [1.807, 2.05) is 13.0 Å². The molecule has 1 saturated heterocycles. The third-order valence-electron chi connectivity index (χ3n) is 7.42. The lowest BCUT2D eigenvalue weighted by Gasteiger charge is -2.27. The van der Waals surface area contributed by atoms with Gasteiger partial charge in [0.15, 0.2) is 11.5 Å². The molecule has 38 heavy (non-hydrogen) atoms. The number of methoxy groups -OCH3 is 3. The Morgan fingerprint density at radius 1 is 1.05 bits per heavy atom. The molecule has 0 unspecified atom stereocenters. The number of carbonyl (C=O) groups excluding carboxylic acids is 2. The van der Waals surface area contributed by atoms with Gasteiger partial charge in [-0.15, -0.1) is 0 Å². The van der Waals surface area contributed by atoms with Gasteiger partial charge in [0, 0.05) is 12.0 Å². The summed E-state index contributed by atoms with van der Waals surface area (Å²) in [6.07, 6.45) is 0.739. The molecule has 9 nitrogen and oxygen atoms in total. The number of fused-ring (bicyclic) bond motifs is 1. The van der Waals surface area contributed by atoms with Gasteiger partial charge in [0.05, 0.1) is 59.1 Å². The average molecular weight is 526 g/mol. The van der Waals surface area contributed by atoms with Crippen LogP contribution in [-0.2, 0) is 16.0 Å². The number of benzene rings is 2. The first-order valence-corrected chi connectivity index (χ1v) is 13.0. The Hall–Kier alpha value is -3.72. The highest BCUT2D eigenvalue weighted by Gasteiger charge is 2.47. The lowest BCUT2D eigenvalue weighted by Crippen LogP contribution is -3.12. The summed E-state index contributed by atoms with van der Waals surface area (Å²) in [6, 6.07) is 7.95. The van der Waals surface area contributed by atoms with E-state index in [1.165, 1.54) is 26.2 Å². The van der Waals surface area contributed by atoms with Crippen LogP contribution in [-0.4, -0.2) is 75.3 Å². The van der Waals surface area contributed by atoms with Crippen LogP contribution in [0.2, 0.25) is 0 Å². The van der Waals surface area contributed by atoms with Crippen molar-refractivity contribution in [2.75, 3.05) is 47.5 Å². The normalized spacial score (nSPS) is 20.0. The molecule has 2 heterocycles. The van der Waals surface area contributed by atoms with Crippen molar-refractivity contribution < 1.29 is 38.5 Å². The van der Waals surface area contributed by atoms with Crippen molar-refractivity contribution in [2.24, 2.45) is 0 Å². The summed E-state index contributed by atoms with van der Waals surface area (Å²) in [6.45, 7) is 8.94. The fraction of sp³-hybridized carbons (Fsp3) is 0.448. The van der Waals surface area contributed by atoms with E-state index < -0.39 is 17.7 Å². The molecule has 2 aliphatic rings. The number of rotatable bonds is 10. The maximum absolute atomic E-state index is 13.5. The second kappa shape index (κ2) is 11.3. The summed E-state index contributed by atoms with van der Waals surface area (Å²) in [5.41, 5.74) is 2.02. The van der Waals surface area contributed by atoms with Crippen molar-refractivity contribution in [3.8, 4) is 23.0 Å². The highest BCUT2D eigenvalue weighted by Crippen LogP contribution is 2.46. The van der Waals surface area contributed by atoms with Crippen molar-refractivity contribution in [2.45, 2.75) is 39.3 Å². The van der Waals surface area contributed by atoms with E-state index in [2.05, 4.69) is 13.8 Å². The van der Waals surface area contributed by atoms with E-state index in [0.29, 0.717) is 47.9 Å². The minimum Gasteiger partial charge on any atom is -0.507 e. The number of ether oxygens (including phenoxy) is 4. The largest absolute Gasteiger partial charge is 0.507 e. The molecule has 0 bridgehead atoms. The number of nitrogens with one attached hydrogen (secondary N) is 1. The number of aliphatic hydroxyl groups is 1. The summed E-state index contributed by atoms with van der Waals surface area (Å²) in [7, 11) is 4.53. The molecule has 0 aliphatic carbocycles. The van der Waals surface area contributed by atoms with Gasteiger partial charge in [-0.3, -0.25) is 9.59 Å². The van der Waals surface area contributed by atoms with E-state index in [0.717, 1.165) is 24.4 Å². The SMILES string of the molecule is CC[NH+](CC)CCN1C(=O)C(=O)C(=C(O)c2ccc3c(c2)C[C@@H](C)O3)[C@@H]1c1cc(OC)c(OC)c(OC)c1. The van der Waals surface area contributed by atoms with Crippen molar-refractivity contribution in [1.82, 2.24) is 4.90 Å². The third kappa shape index (κ3) is 4.90. The molecular formula is C29H37N2O7+. The summed E-state index contributed by atoms with van der Waals surface area (Å²) >= 11 is 0. The van der Waals surface area contributed by atoms with Crippen LogP contribution in [0.4, 0.5) is 0 Å². The zero-order chi connectivity index (χ0) is 27.6. The highest BCUT2D eigenvalue weighted by atomic mass is 16.5. The van der Waals surface area contributed by atoms with Crippen LogP contribution in [0, 0.1) is 0 Å². The molecule has 0 spiro atoms. The Labute approximate surface area is 223 Å². The second-order valence-corrected chi connectivity index (χ2v) is 9.61. The summed E-state index contributed by atoms with van der Waals surface area (Å²) in [5, 5.41) is 11.5. The zero-order valence-corrected chi connectivity index (χ0v) is 22.9. The zero-order valence-electron chi connectivity index (χ0n) is 22.9. The Balaban J connectivity index is 1.87. The number of aliphatic hydroxyl groups excluding tert-OH is 1. The Bertz CT molecular complexity index is 1230. The maximum Gasteiger partial charge on any atom is 0.295 e. The molecule has 0 saturated carbocycles. The number of Topliss-reactive ketones (excluding diaryl/α,β-unsaturated/α-hetero) is 1. The van der Waals surface area contributed by atoms with Gasteiger partial charge in [0.25, 0.3) is 11.7 Å². The molecular weight excluding hydrogens is 488 g/mol. The number of nitrogens with zero attached hydrogens (tertiary/aromatic N) is 1. The van der Waals surface area contributed by atoms with E-state index in [-0.39, 0.29) is 17.4 Å². The van der Waals surface area contributed by atoms with Crippen LogP contribution < -0.4 is 23.8 Å². The Morgan fingerprint density at radius 2 is 1.71 bits per heavy atom. The number of quaternary nitrogens is 1. The molecule has 2 aromatic carbocycles. The molecule has 2 aliphatic heterocycles. The number of hydrogen-bond acceptors (Lipinski definition) is 7. The van der Waals surface area contributed by atoms with Crippen molar-refractivity contribution in [1.29, 1.82) is 0 Å². The van der Waals surface area contributed by atoms with Gasteiger partial charge < -0.3 is 33.9 Å². The summed E-state index contributed by atoms with van der Waals surface area (Å²) < 4.78 is 22.4. The van der Waals surface area contributed by atoms with E-state index >= 15 is 0 Å². The lowest BCUT2D eigenvalue weighted by atomic mass is 9.94. The first-order valence-electron chi connectivity index (χ1n) is 13.0. The lowest BCUT2D eigenvalue weighted by molar-refractivity contribution is -0.895. The fourth-order valence-corrected chi connectivity index (χ4v) is 5.32. The summed E-state index contributed by atoms with van der Waals surface area (Å²) in [5.74, 6) is 0.364. The average Bonchev–Trinajstić information content (AvgIpc) is 3.43. The molecule has 0 aromatic heterocycles. The van der Waals surface area contributed by atoms with Crippen LogP contribution in [0.3, 0.4) is 0 Å². The smallest absolute Gasteiger partial charge is 0.295 e. The van der Waals surface area contributed by atoms with E-state index in [4.69, 9.17) is 18.9 Å². The molecule has 4 rings (SSSR count). The van der Waals surface area contributed by atoms with Gasteiger partial charge >= 0.3 is 0 Å². The third-order valence-corrected chi connectivity index (χ3v) is 7.42. The molecule has 1 amide bonds. The first-order chi connectivity index (χ1) is 18.3. The monoisotopic (exact) mass is 525 g/mol. The highest BCUT2D eigenvalue weighted by molar-refractivity contribution is 6.46. The van der Waals surface area contributed by atoms with Crippen LogP contribution in [0.25, 0.3) is 5.76 Å². The molecule has 9 heteroatoms. The van der Waals surface area contributed by atoms with Gasteiger partial charge in [-0.25, -0.2) is 0 Å². The van der Waals surface area contributed by atoms with Crippen LogP contribution in [0.1, 0.15) is 43.5 Å². The van der Waals surface area contributed by atoms with E-state index in [1.54, 1.807) is 29.2 Å². The molecule has 1 fully saturated rings. The number of likely N-dealkylation sites (tertiary alicyclic amines) is 1. The number of hydrogen-bond donors (Lipinski definition) is 2. The van der Waals surface area contributed by atoms with Crippen molar-refractivity contribution in [3.05, 3.63) is 52.6 Å². The van der Waals surface area contributed by atoms with Gasteiger partial charge in [-0.1, -0.05) is 0 Å². The first kappa shape index (κ1) is 27.3. The van der Waals surface area contributed by atoms with Gasteiger partial charge in [0.2, 0.25) is 5.75 Å². The second-order valence-electron chi connectivity index (χ2n) is 9.61. The molecule has 2 atom stereocenters. The van der Waals surface area contributed by atoms with Crippen LogP contribution in [0.15, 0.2) is 35.9 Å². The maximum atomic E-state index is 13.5. The minimum atomic E-state index is -0.831. The molecule has 2 N–H and O–H groups in total. The minimum absolute atomic E-state index is 0.0331. The van der Waals surface area contributed by atoms with Gasteiger partial charge in [-0.2, -0.15) is 0 Å². The summed E-state index contributed by atoms with van der Waals surface area (Å²) in [4.78, 5) is 29.7. The Kier molecular flexibility index (Phi) is 8.16. The van der Waals surface area contributed by atoms with Crippen LogP contribution in [0.5, 0.6) is 23.0 Å².